The van der Waals surface area contributed by atoms with Crippen LogP contribution < -0.4 is 10.6 Å². The van der Waals surface area contributed by atoms with E-state index >= 15 is 0 Å². The van der Waals surface area contributed by atoms with Gasteiger partial charge in [0.15, 0.2) is 0 Å². The molecule has 2 amide bonds. The minimum Gasteiger partial charge on any atom is -0.289 e. The van der Waals surface area contributed by atoms with Crippen LogP contribution in [-0.2, 0) is 0 Å². The third-order valence-corrected chi connectivity index (χ3v) is 2.82. The molecule has 0 unspecified atom stereocenters. The van der Waals surface area contributed by atoms with E-state index in [2.05, 4.69) is 45.5 Å². The van der Waals surface area contributed by atoms with Gasteiger partial charge >= 0.3 is 0 Å². The summed E-state index contributed by atoms with van der Waals surface area (Å²) in [5.41, 5.74) is 0.119. The second-order valence-corrected chi connectivity index (χ2v) is 4.68. The standard InChI is InChI=1S/C13H8ClN9O2/c14-11-21-12(19-9(24)7-5-15-1-3-17-7)23-13(22-11)20-10(25)8-6-16-2-4-18-8/h1-6H,(H2,19,20,21,22,23,24,25). The molecule has 0 fully saturated rings. The minimum absolute atomic E-state index is 0.0594. The molecule has 3 rings (SSSR count). The zero-order valence-electron chi connectivity index (χ0n) is 12.3. The van der Waals surface area contributed by atoms with Crippen molar-refractivity contribution < 1.29 is 9.59 Å². The Balaban J connectivity index is 1.76. The zero-order chi connectivity index (χ0) is 17.6. The molecule has 0 aliphatic rings. The molecule has 3 aromatic heterocycles. The van der Waals surface area contributed by atoms with Crippen LogP contribution in [0.5, 0.6) is 0 Å². The molecule has 0 aromatic carbocycles. The number of hydrogen-bond donors (Lipinski definition) is 2. The molecule has 2 N–H and O–H groups in total. The summed E-state index contributed by atoms with van der Waals surface area (Å²) < 4.78 is 0. The van der Waals surface area contributed by atoms with E-state index in [1.54, 1.807) is 0 Å². The topological polar surface area (TPSA) is 148 Å². The van der Waals surface area contributed by atoms with Gasteiger partial charge in [-0.2, -0.15) is 15.0 Å². The van der Waals surface area contributed by atoms with Crippen molar-refractivity contribution in [1.82, 2.24) is 34.9 Å². The van der Waals surface area contributed by atoms with Crippen molar-refractivity contribution in [2.75, 3.05) is 10.6 Å². The van der Waals surface area contributed by atoms with Crippen molar-refractivity contribution in [3.8, 4) is 0 Å². The van der Waals surface area contributed by atoms with Gasteiger partial charge in [0, 0.05) is 24.8 Å². The van der Waals surface area contributed by atoms with Crippen molar-refractivity contribution in [2.24, 2.45) is 0 Å². The van der Waals surface area contributed by atoms with Crippen LogP contribution in [0.4, 0.5) is 11.9 Å². The van der Waals surface area contributed by atoms with Gasteiger partial charge in [0.05, 0.1) is 12.4 Å². The molecule has 0 saturated heterocycles. The first kappa shape index (κ1) is 16.3. The molecular weight excluding hydrogens is 350 g/mol. The summed E-state index contributed by atoms with van der Waals surface area (Å²) in [4.78, 5) is 50.7. The minimum atomic E-state index is -0.596. The van der Waals surface area contributed by atoms with Gasteiger partial charge in [0.1, 0.15) is 11.4 Å². The van der Waals surface area contributed by atoms with Gasteiger partial charge in [-0.05, 0) is 11.6 Å². The average Bonchev–Trinajstić information content (AvgIpc) is 2.62. The van der Waals surface area contributed by atoms with Gasteiger partial charge in [-0.3, -0.25) is 30.2 Å². The van der Waals surface area contributed by atoms with Crippen LogP contribution >= 0.6 is 11.6 Å². The molecule has 0 aliphatic carbocycles. The Kier molecular flexibility index (Phi) is 4.76. The van der Waals surface area contributed by atoms with E-state index in [-0.39, 0.29) is 28.6 Å². The maximum Gasteiger partial charge on any atom is 0.278 e. The summed E-state index contributed by atoms with van der Waals surface area (Å²) in [7, 11) is 0. The Labute approximate surface area is 145 Å². The lowest BCUT2D eigenvalue weighted by Crippen LogP contribution is -2.19. The molecule has 11 nitrogen and oxygen atoms in total. The highest BCUT2D eigenvalue weighted by Crippen LogP contribution is 2.11. The fraction of sp³-hybridized carbons (Fsp3) is 0. The summed E-state index contributed by atoms with van der Waals surface area (Å²) >= 11 is 5.79. The zero-order valence-corrected chi connectivity index (χ0v) is 13.0. The first-order valence-electron chi connectivity index (χ1n) is 6.68. The number of nitrogens with one attached hydrogen (secondary N) is 2. The van der Waals surface area contributed by atoms with E-state index in [0.717, 1.165) is 0 Å². The predicted molar refractivity (Wildman–Crippen MR) is 84.8 cm³/mol. The number of carbonyl (C=O) groups is 2. The highest BCUT2D eigenvalue weighted by atomic mass is 35.5. The first-order chi connectivity index (χ1) is 12.1. The molecule has 12 heteroatoms. The van der Waals surface area contributed by atoms with Gasteiger partial charge in [0.25, 0.3) is 11.8 Å². The van der Waals surface area contributed by atoms with Crippen LogP contribution in [0.1, 0.15) is 21.0 Å². The highest BCUT2D eigenvalue weighted by Gasteiger charge is 2.14. The second kappa shape index (κ2) is 7.31. The van der Waals surface area contributed by atoms with E-state index in [9.17, 15) is 9.59 Å². The maximum atomic E-state index is 12.0. The van der Waals surface area contributed by atoms with Crippen molar-refractivity contribution in [2.45, 2.75) is 0 Å². The monoisotopic (exact) mass is 357 g/mol. The Morgan fingerprint density at radius 2 is 1.24 bits per heavy atom. The SMILES string of the molecule is O=C(Nc1nc(Cl)nc(NC(=O)c2cnccn2)n1)c1cnccn1. The van der Waals surface area contributed by atoms with Gasteiger partial charge in [-0.15, -0.1) is 0 Å². The summed E-state index contributed by atoms with van der Waals surface area (Å²) in [6, 6.07) is 0. The maximum absolute atomic E-state index is 12.0. The van der Waals surface area contributed by atoms with Crippen LogP contribution in [-0.4, -0.2) is 46.7 Å². The molecule has 0 saturated carbocycles. The number of anilines is 2. The largest absolute Gasteiger partial charge is 0.289 e. The van der Waals surface area contributed by atoms with Gasteiger partial charge < -0.3 is 0 Å². The van der Waals surface area contributed by atoms with Crippen molar-refractivity contribution in [3.05, 3.63) is 53.9 Å². The van der Waals surface area contributed by atoms with E-state index in [1.165, 1.54) is 37.2 Å². The van der Waals surface area contributed by atoms with Crippen LogP contribution in [0.3, 0.4) is 0 Å². The quantitative estimate of drug-likeness (QED) is 0.684. The lowest BCUT2D eigenvalue weighted by Gasteiger charge is -2.06. The normalized spacial score (nSPS) is 10.1. The first-order valence-corrected chi connectivity index (χ1v) is 7.06. The van der Waals surface area contributed by atoms with Crippen LogP contribution in [0.25, 0.3) is 0 Å². The summed E-state index contributed by atoms with van der Waals surface area (Å²) in [6.45, 7) is 0. The van der Waals surface area contributed by atoms with E-state index < -0.39 is 11.8 Å². The fourth-order valence-electron chi connectivity index (χ4n) is 1.63. The summed E-state index contributed by atoms with van der Waals surface area (Å²) in [6.07, 6.45) is 8.13. The van der Waals surface area contributed by atoms with E-state index in [4.69, 9.17) is 11.6 Å². The smallest absolute Gasteiger partial charge is 0.278 e. The van der Waals surface area contributed by atoms with E-state index in [0.29, 0.717) is 0 Å². The predicted octanol–water partition coefficient (Wildman–Crippen LogP) is 0.610. The van der Waals surface area contributed by atoms with Crippen LogP contribution in [0.2, 0.25) is 5.28 Å². The average molecular weight is 358 g/mol. The van der Waals surface area contributed by atoms with Crippen molar-refractivity contribution in [1.29, 1.82) is 0 Å². The third kappa shape index (κ3) is 4.23. The summed E-state index contributed by atoms with van der Waals surface area (Å²) in [5.74, 6) is -1.52. The molecule has 0 radical (unpaired) electrons. The number of hydrogen-bond acceptors (Lipinski definition) is 9. The number of nitrogens with zero attached hydrogens (tertiary/aromatic N) is 7. The fourth-order valence-corrected chi connectivity index (χ4v) is 1.79. The molecule has 3 heterocycles. The lowest BCUT2D eigenvalue weighted by molar-refractivity contribution is 0.101. The number of carbonyl (C=O) groups excluding carboxylic acids is 2. The number of halogens is 1. The molecule has 3 aromatic rings. The molecule has 124 valence electrons. The Hall–Kier alpha value is -3.60. The molecule has 0 bridgehead atoms. The van der Waals surface area contributed by atoms with Gasteiger partial charge in [-0.1, -0.05) is 0 Å². The number of amides is 2. The summed E-state index contributed by atoms with van der Waals surface area (Å²) in [5, 5.41) is 4.55. The highest BCUT2D eigenvalue weighted by molar-refractivity contribution is 6.28. The second-order valence-electron chi connectivity index (χ2n) is 4.34. The Morgan fingerprint density at radius 3 is 1.64 bits per heavy atom. The van der Waals surface area contributed by atoms with Crippen LogP contribution in [0, 0.1) is 0 Å². The Bertz CT molecular complexity index is 836. The molecule has 0 aliphatic heterocycles. The third-order valence-electron chi connectivity index (χ3n) is 2.65. The Morgan fingerprint density at radius 1 is 0.760 bits per heavy atom. The van der Waals surface area contributed by atoms with E-state index in [1.807, 2.05) is 0 Å². The molecular formula is C13H8ClN9O2. The number of rotatable bonds is 4. The molecule has 0 spiro atoms. The van der Waals surface area contributed by atoms with Crippen molar-refractivity contribution in [3.63, 3.8) is 0 Å². The van der Waals surface area contributed by atoms with Crippen LogP contribution in [0.15, 0.2) is 37.2 Å². The van der Waals surface area contributed by atoms with Gasteiger partial charge in [-0.25, -0.2) is 9.97 Å². The van der Waals surface area contributed by atoms with Crippen molar-refractivity contribution >= 4 is 35.3 Å². The molecule has 25 heavy (non-hydrogen) atoms. The number of aromatic nitrogens is 7. The lowest BCUT2D eigenvalue weighted by atomic mass is 10.4. The van der Waals surface area contributed by atoms with Gasteiger partial charge in [0.2, 0.25) is 17.2 Å². The molecule has 0 atom stereocenters.